The van der Waals surface area contributed by atoms with E-state index in [0.717, 1.165) is 0 Å². The van der Waals surface area contributed by atoms with Gasteiger partial charge in [0.25, 0.3) is 0 Å². The van der Waals surface area contributed by atoms with Gasteiger partial charge in [-0.2, -0.15) is 0 Å². The number of aliphatic hydroxyl groups excluding tert-OH is 1. The molecule has 1 atom stereocenters. The van der Waals surface area contributed by atoms with E-state index < -0.39 is 6.10 Å². The van der Waals surface area contributed by atoms with Crippen molar-refractivity contribution in [2.24, 2.45) is 0 Å². The summed E-state index contributed by atoms with van der Waals surface area (Å²) in [4.78, 5) is 0. The van der Waals surface area contributed by atoms with Crippen molar-refractivity contribution in [3.8, 4) is 11.8 Å². The van der Waals surface area contributed by atoms with Crippen molar-refractivity contribution in [2.75, 3.05) is 5.88 Å². The topological polar surface area (TPSA) is 20.2 Å². The first-order chi connectivity index (χ1) is 3.27. The van der Waals surface area contributed by atoms with E-state index in [9.17, 15) is 0 Å². The largest absolute Gasteiger partial charge is 0.381 e. The lowest BCUT2D eigenvalue weighted by molar-refractivity contribution is 0.253. The minimum absolute atomic E-state index is 0.297. The summed E-state index contributed by atoms with van der Waals surface area (Å²) >= 11 is 5.16. The monoisotopic (exact) mass is 118 g/mol. The summed E-state index contributed by atoms with van der Waals surface area (Å²) in [6, 6.07) is 0. The van der Waals surface area contributed by atoms with Gasteiger partial charge in [-0.15, -0.1) is 11.6 Å². The van der Waals surface area contributed by atoms with Crippen LogP contribution in [0.15, 0.2) is 0 Å². The molecule has 0 radical (unpaired) electrons. The summed E-state index contributed by atoms with van der Waals surface area (Å²) in [5.41, 5.74) is 0. The van der Waals surface area contributed by atoms with Gasteiger partial charge in [0.15, 0.2) is 0 Å². The number of aliphatic hydroxyl groups is 1. The smallest absolute Gasteiger partial charge is 0.112 e. The van der Waals surface area contributed by atoms with Crippen molar-refractivity contribution in [1.82, 2.24) is 0 Å². The van der Waals surface area contributed by atoms with Gasteiger partial charge in [0, 0.05) is 0 Å². The SMILES string of the molecule is CC(O)C#CCCl. The zero-order chi connectivity index (χ0) is 5.70. The normalized spacial score (nSPS) is 11.9. The summed E-state index contributed by atoms with van der Waals surface area (Å²) < 4.78 is 0. The quantitative estimate of drug-likeness (QED) is 0.365. The Labute approximate surface area is 48.3 Å². The van der Waals surface area contributed by atoms with Crippen LogP contribution in [0.2, 0.25) is 0 Å². The highest BCUT2D eigenvalue weighted by Crippen LogP contribution is 1.73. The molecule has 40 valence electrons. The third-order valence-corrected chi connectivity index (χ3v) is 0.511. The Morgan fingerprint density at radius 2 is 2.43 bits per heavy atom. The molecule has 0 aromatic heterocycles. The van der Waals surface area contributed by atoms with Gasteiger partial charge in [-0.25, -0.2) is 0 Å². The van der Waals surface area contributed by atoms with E-state index in [2.05, 4.69) is 11.8 Å². The van der Waals surface area contributed by atoms with Gasteiger partial charge in [-0.3, -0.25) is 0 Å². The highest BCUT2D eigenvalue weighted by atomic mass is 35.5. The van der Waals surface area contributed by atoms with E-state index in [0.29, 0.717) is 5.88 Å². The summed E-state index contributed by atoms with van der Waals surface area (Å²) in [6.45, 7) is 1.60. The van der Waals surface area contributed by atoms with E-state index in [1.54, 1.807) is 6.92 Å². The summed E-state index contributed by atoms with van der Waals surface area (Å²) in [5, 5.41) is 8.45. The Kier molecular flexibility index (Phi) is 3.87. The van der Waals surface area contributed by atoms with Gasteiger partial charge in [0.1, 0.15) is 6.10 Å². The molecule has 0 fully saturated rings. The third kappa shape index (κ3) is 5.81. The molecule has 0 saturated carbocycles. The lowest BCUT2D eigenvalue weighted by atomic mass is 10.4. The first-order valence-corrected chi connectivity index (χ1v) is 2.53. The molecule has 0 heterocycles. The van der Waals surface area contributed by atoms with Crippen LogP contribution in [-0.4, -0.2) is 17.1 Å². The fourth-order valence-corrected chi connectivity index (χ4v) is 0.263. The van der Waals surface area contributed by atoms with Gasteiger partial charge in [0.2, 0.25) is 0 Å². The van der Waals surface area contributed by atoms with Crippen LogP contribution in [0.1, 0.15) is 6.92 Å². The minimum Gasteiger partial charge on any atom is -0.381 e. The van der Waals surface area contributed by atoms with Crippen LogP contribution in [0, 0.1) is 11.8 Å². The number of alkyl halides is 1. The van der Waals surface area contributed by atoms with Gasteiger partial charge in [-0.05, 0) is 6.92 Å². The summed E-state index contributed by atoms with van der Waals surface area (Å²) in [6.07, 6.45) is -0.543. The fraction of sp³-hybridized carbons (Fsp3) is 0.600. The lowest BCUT2D eigenvalue weighted by Crippen LogP contribution is -1.92. The van der Waals surface area contributed by atoms with Crippen LogP contribution >= 0.6 is 11.6 Å². The second-order valence-electron chi connectivity index (χ2n) is 1.13. The van der Waals surface area contributed by atoms with E-state index in [1.807, 2.05) is 0 Å². The van der Waals surface area contributed by atoms with Crippen LogP contribution in [0.3, 0.4) is 0 Å². The predicted octanol–water partition coefficient (Wildman–Crippen LogP) is 0.609. The molecule has 0 saturated heterocycles. The Hall–Kier alpha value is -0.190. The van der Waals surface area contributed by atoms with Gasteiger partial charge >= 0.3 is 0 Å². The Bertz CT molecular complexity index is 88.0. The molecule has 0 aliphatic heterocycles. The number of rotatable bonds is 0. The molecule has 2 heteroatoms. The highest BCUT2D eigenvalue weighted by Gasteiger charge is 1.79. The first-order valence-electron chi connectivity index (χ1n) is 2.00. The Morgan fingerprint density at radius 1 is 1.86 bits per heavy atom. The average Bonchev–Trinajstić information content (AvgIpc) is 1.61. The van der Waals surface area contributed by atoms with Crippen molar-refractivity contribution in [3.63, 3.8) is 0 Å². The number of hydrogen-bond donors (Lipinski definition) is 1. The van der Waals surface area contributed by atoms with E-state index in [-0.39, 0.29) is 0 Å². The van der Waals surface area contributed by atoms with Crippen LogP contribution in [0.25, 0.3) is 0 Å². The molecule has 0 amide bonds. The summed E-state index contributed by atoms with van der Waals surface area (Å²) in [7, 11) is 0. The van der Waals surface area contributed by atoms with Gasteiger partial charge in [0.05, 0.1) is 5.88 Å². The maximum Gasteiger partial charge on any atom is 0.112 e. The molecule has 0 bridgehead atoms. The fourth-order valence-electron chi connectivity index (χ4n) is 0.186. The molecular formula is C5H7ClO. The molecule has 7 heavy (non-hydrogen) atoms. The number of halogens is 1. The van der Waals surface area contributed by atoms with Crippen LogP contribution in [-0.2, 0) is 0 Å². The van der Waals surface area contributed by atoms with Crippen molar-refractivity contribution >= 4 is 11.6 Å². The molecule has 1 N–H and O–H groups in total. The molecule has 0 aliphatic rings. The molecule has 1 unspecified atom stereocenters. The molecular weight excluding hydrogens is 112 g/mol. The van der Waals surface area contributed by atoms with Crippen molar-refractivity contribution in [1.29, 1.82) is 0 Å². The standard InChI is InChI=1S/C5H7ClO/c1-5(7)3-2-4-6/h5,7H,4H2,1H3. The van der Waals surface area contributed by atoms with E-state index >= 15 is 0 Å². The van der Waals surface area contributed by atoms with Crippen molar-refractivity contribution in [2.45, 2.75) is 13.0 Å². The molecule has 0 rings (SSSR count). The molecule has 0 aromatic carbocycles. The van der Waals surface area contributed by atoms with Gasteiger partial charge < -0.3 is 5.11 Å². The Balaban J connectivity index is 3.24. The van der Waals surface area contributed by atoms with Gasteiger partial charge in [-0.1, -0.05) is 11.8 Å². The Morgan fingerprint density at radius 3 is 2.57 bits per heavy atom. The van der Waals surface area contributed by atoms with E-state index in [1.165, 1.54) is 0 Å². The van der Waals surface area contributed by atoms with Crippen LogP contribution in [0.4, 0.5) is 0 Å². The third-order valence-electron chi connectivity index (χ3n) is 0.378. The molecule has 0 aromatic rings. The van der Waals surface area contributed by atoms with E-state index in [4.69, 9.17) is 16.7 Å². The van der Waals surface area contributed by atoms with Crippen molar-refractivity contribution < 1.29 is 5.11 Å². The molecule has 1 nitrogen and oxygen atoms in total. The second-order valence-corrected chi connectivity index (χ2v) is 1.40. The first kappa shape index (κ1) is 6.81. The zero-order valence-corrected chi connectivity index (χ0v) is 4.87. The predicted molar refractivity (Wildman–Crippen MR) is 30.2 cm³/mol. The number of hydrogen-bond acceptors (Lipinski definition) is 1. The molecule has 0 spiro atoms. The maximum atomic E-state index is 8.45. The highest BCUT2D eigenvalue weighted by molar-refractivity contribution is 6.19. The maximum absolute atomic E-state index is 8.45. The second kappa shape index (κ2) is 3.98. The summed E-state index contributed by atoms with van der Waals surface area (Å²) in [5.74, 6) is 5.28. The zero-order valence-electron chi connectivity index (χ0n) is 4.11. The lowest BCUT2D eigenvalue weighted by Gasteiger charge is -1.83. The molecule has 0 aliphatic carbocycles. The van der Waals surface area contributed by atoms with Crippen LogP contribution < -0.4 is 0 Å². The van der Waals surface area contributed by atoms with Crippen molar-refractivity contribution in [3.05, 3.63) is 0 Å². The van der Waals surface area contributed by atoms with Crippen LogP contribution in [0.5, 0.6) is 0 Å². The average molecular weight is 119 g/mol. The minimum atomic E-state index is -0.543.